The lowest BCUT2D eigenvalue weighted by Crippen LogP contribution is -2.28. The summed E-state index contributed by atoms with van der Waals surface area (Å²) in [7, 11) is 0. The number of nitrogens with zero attached hydrogens (tertiary/aromatic N) is 2. The van der Waals surface area contributed by atoms with Crippen LogP contribution in [0.5, 0.6) is 0 Å². The van der Waals surface area contributed by atoms with Crippen molar-refractivity contribution >= 4 is 40.7 Å². The minimum Gasteiger partial charge on any atom is -0.409 e. The van der Waals surface area contributed by atoms with E-state index in [1.54, 1.807) is 20.8 Å². The first-order valence-corrected chi connectivity index (χ1v) is 10.2. The molecule has 0 fully saturated rings. The van der Waals surface area contributed by atoms with E-state index in [0.29, 0.717) is 33.8 Å². The molecule has 0 bridgehead atoms. The van der Waals surface area contributed by atoms with E-state index >= 15 is 0 Å². The maximum atomic E-state index is 12.8. The van der Waals surface area contributed by atoms with Gasteiger partial charge in [-0.2, -0.15) is 5.10 Å². The van der Waals surface area contributed by atoms with Crippen LogP contribution in [-0.4, -0.2) is 55.5 Å². The number of aromatic nitrogens is 4. The monoisotopic (exact) mass is 470 g/mol. The van der Waals surface area contributed by atoms with E-state index in [0.717, 1.165) is 0 Å². The van der Waals surface area contributed by atoms with E-state index in [-0.39, 0.29) is 36.0 Å². The standard InChI is InChI=1S/C20H26N10O4/c1-8-11(21)6-24-14(8)19(32)26-12-7-25-15(9(12)2)20(33)27-17-10(3)16(28-29-17)18(31)23-5-4-13(22)30-34/h6-7,24-25,34H,4-5,21H2,1-3H3,(H2,22,30)(H,23,31)(H,26,32)(H2,27,28,29,33). The third-order valence-corrected chi connectivity index (χ3v) is 5.29. The molecule has 0 saturated heterocycles. The summed E-state index contributed by atoms with van der Waals surface area (Å²) >= 11 is 0. The van der Waals surface area contributed by atoms with Crippen molar-refractivity contribution in [2.45, 2.75) is 27.2 Å². The molecule has 3 rings (SSSR count). The number of amides is 3. The van der Waals surface area contributed by atoms with Gasteiger partial charge in [-0.05, 0) is 20.8 Å². The van der Waals surface area contributed by atoms with Gasteiger partial charge in [-0.25, -0.2) is 0 Å². The quantitative estimate of drug-likeness (QED) is 0.0999. The van der Waals surface area contributed by atoms with Crippen LogP contribution in [0.25, 0.3) is 0 Å². The van der Waals surface area contributed by atoms with Crippen LogP contribution in [0.3, 0.4) is 0 Å². The van der Waals surface area contributed by atoms with Gasteiger partial charge < -0.3 is 42.6 Å². The van der Waals surface area contributed by atoms with Crippen LogP contribution in [-0.2, 0) is 0 Å². The molecule has 14 nitrogen and oxygen atoms in total. The van der Waals surface area contributed by atoms with Crippen LogP contribution in [0.15, 0.2) is 17.5 Å². The number of nitrogens with two attached hydrogens (primary N) is 2. The number of carbonyl (C=O) groups is 3. The van der Waals surface area contributed by atoms with Gasteiger partial charge >= 0.3 is 0 Å². The van der Waals surface area contributed by atoms with Gasteiger partial charge in [-0.15, -0.1) is 0 Å². The Bertz CT molecular complexity index is 1270. The number of aromatic amines is 3. The summed E-state index contributed by atoms with van der Waals surface area (Å²) in [6.07, 6.45) is 3.20. The maximum absolute atomic E-state index is 12.8. The highest BCUT2D eigenvalue weighted by atomic mass is 16.4. The molecule has 0 aliphatic carbocycles. The van der Waals surface area contributed by atoms with Crippen LogP contribution >= 0.6 is 0 Å². The largest absolute Gasteiger partial charge is 0.409 e. The Morgan fingerprint density at radius 3 is 2.26 bits per heavy atom. The molecule has 3 aromatic heterocycles. The third kappa shape index (κ3) is 4.85. The third-order valence-electron chi connectivity index (χ3n) is 5.29. The van der Waals surface area contributed by atoms with E-state index in [9.17, 15) is 14.4 Å². The summed E-state index contributed by atoms with van der Waals surface area (Å²) in [4.78, 5) is 43.3. The van der Waals surface area contributed by atoms with E-state index in [2.05, 4.69) is 41.3 Å². The minimum atomic E-state index is -0.508. The van der Waals surface area contributed by atoms with Crippen LogP contribution in [0.2, 0.25) is 0 Å². The average Bonchev–Trinajstić information content (AvgIpc) is 3.46. The zero-order valence-electron chi connectivity index (χ0n) is 18.8. The lowest BCUT2D eigenvalue weighted by atomic mass is 10.2. The SMILES string of the molecule is Cc1c(N)c[nH]c1C(=O)Nc1c[nH]c(C(=O)Nc2n[nH]c(C(=O)NCCC(N)=NO)c2C)c1C. The first-order valence-electron chi connectivity index (χ1n) is 10.2. The first-order chi connectivity index (χ1) is 16.1. The van der Waals surface area contributed by atoms with Crippen molar-refractivity contribution in [1.29, 1.82) is 0 Å². The van der Waals surface area contributed by atoms with Gasteiger partial charge in [0, 0.05) is 42.0 Å². The van der Waals surface area contributed by atoms with Gasteiger partial charge in [-0.3, -0.25) is 19.5 Å². The number of hydrogen-bond donors (Lipinski definition) is 9. The van der Waals surface area contributed by atoms with Gasteiger partial charge in [0.1, 0.15) is 22.9 Å². The summed E-state index contributed by atoms with van der Waals surface area (Å²) in [5.41, 5.74) is 14.3. The fourth-order valence-electron chi connectivity index (χ4n) is 3.15. The fraction of sp³-hybridized carbons (Fsp3) is 0.250. The van der Waals surface area contributed by atoms with Gasteiger partial charge in [0.05, 0.1) is 11.4 Å². The number of nitrogen functional groups attached to an aromatic ring is 1. The lowest BCUT2D eigenvalue weighted by molar-refractivity contribution is 0.0947. The van der Waals surface area contributed by atoms with Crippen LogP contribution in [0.1, 0.15) is 54.6 Å². The Kier molecular flexibility index (Phi) is 6.89. The second-order valence-corrected chi connectivity index (χ2v) is 7.52. The second kappa shape index (κ2) is 9.81. The van der Waals surface area contributed by atoms with Crippen LogP contribution in [0, 0.1) is 20.8 Å². The van der Waals surface area contributed by atoms with Crippen molar-refractivity contribution in [3.63, 3.8) is 0 Å². The van der Waals surface area contributed by atoms with Crippen molar-refractivity contribution in [1.82, 2.24) is 25.5 Å². The molecule has 34 heavy (non-hydrogen) atoms. The summed E-state index contributed by atoms with van der Waals surface area (Å²) in [5.74, 6) is -1.21. The zero-order valence-corrected chi connectivity index (χ0v) is 18.8. The molecule has 0 unspecified atom stereocenters. The number of amidine groups is 1. The Morgan fingerprint density at radius 2 is 1.62 bits per heavy atom. The number of hydrogen-bond acceptors (Lipinski definition) is 7. The van der Waals surface area contributed by atoms with E-state index in [1.807, 2.05) is 0 Å². The number of anilines is 3. The second-order valence-electron chi connectivity index (χ2n) is 7.52. The molecule has 0 aliphatic rings. The number of nitrogens with one attached hydrogen (secondary N) is 6. The van der Waals surface area contributed by atoms with Crippen molar-refractivity contribution in [2.24, 2.45) is 10.9 Å². The Morgan fingerprint density at radius 1 is 0.971 bits per heavy atom. The summed E-state index contributed by atoms with van der Waals surface area (Å²) < 4.78 is 0. The van der Waals surface area contributed by atoms with Gasteiger partial charge in [-0.1, -0.05) is 5.16 Å². The van der Waals surface area contributed by atoms with E-state index in [4.69, 9.17) is 16.7 Å². The van der Waals surface area contributed by atoms with Crippen molar-refractivity contribution in [3.05, 3.63) is 46.2 Å². The predicted octanol–water partition coefficient (Wildman–Crippen LogP) is 0.944. The minimum absolute atomic E-state index is 0.0152. The van der Waals surface area contributed by atoms with Gasteiger partial charge in [0.2, 0.25) is 0 Å². The highest BCUT2D eigenvalue weighted by molar-refractivity contribution is 6.08. The molecule has 0 radical (unpaired) electrons. The predicted molar refractivity (Wildman–Crippen MR) is 125 cm³/mol. The maximum Gasteiger partial charge on any atom is 0.273 e. The number of rotatable bonds is 8. The Labute approximate surface area is 193 Å². The van der Waals surface area contributed by atoms with Crippen LogP contribution in [0.4, 0.5) is 17.2 Å². The van der Waals surface area contributed by atoms with Crippen molar-refractivity contribution in [2.75, 3.05) is 22.9 Å². The summed E-state index contributed by atoms with van der Waals surface area (Å²) in [5, 5.41) is 25.9. The molecular formula is C20H26N10O4. The van der Waals surface area contributed by atoms with Gasteiger partial charge in [0.15, 0.2) is 5.82 Å². The zero-order chi connectivity index (χ0) is 25.0. The molecule has 180 valence electrons. The first kappa shape index (κ1) is 23.9. The van der Waals surface area contributed by atoms with E-state index in [1.165, 1.54) is 12.4 Å². The van der Waals surface area contributed by atoms with Gasteiger partial charge in [0.25, 0.3) is 17.7 Å². The molecule has 0 spiro atoms. The smallest absolute Gasteiger partial charge is 0.273 e. The topological polar surface area (TPSA) is 232 Å². The molecule has 0 aliphatic heterocycles. The molecule has 3 amide bonds. The molecule has 11 N–H and O–H groups in total. The highest BCUT2D eigenvalue weighted by Crippen LogP contribution is 2.23. The molecule has 14 heteroatoms. The Balaban J connectivity index is 1.66. The Hall–Kier alpha value is -4.75. The summed E-state index contributed by atoms with van der Waals surface area (Å²) in [6.45, 7) is 5.17. The van der Waals surface area contributed by atoms with Crippen molar-refractivity contribution < 1.29 is 19.6 Å². The number of H-pyrrole nitrogens is 3. The molecule has 3 heterocycles. The molecule has 0 atom stereocenters. The molecule has 0 aromatic carbocycles. The normalized spacial score (nSPS) is 11.3. The average molecular weight is 470 g/mol. The van der Waals surface area contributed by atoms with Crippen molar-refractivity contribution in [3.8, 4) is 0 Å². The molecule has 3 aromatic rings. The number of carbonyl (C=O) groups excluding carboxylic acids is 3. The molecule has 0 saturated carbocycles. The number of oxime groups is 1. The lowest BCUT2D eigenvalue weighted by Gasteiger charge is -2.06. The highest BCUT2D eigenvalue weighted by Gasteiger charge is 2.21. The molecular weight excluding hydrogens is 444 g/mol. The summed E-state index contributed by atoms with van der Waals surface area (Å²) in [6, 6.07) is 0. The van der Waals surface area contributed by atoms with E-state index < -0.39 is 17.7 Å². The fourth-order valence-corrected chi connectivity index (χ4v) is 3.15. The van der Waals surface area contributed by atoms with Crippen LogP contribution < -0.4 is 27.4 Å².